The summed E-state index contributed by atoms with van der Waals surface area (Å²) in [6.45, 7) is 9.59. The Kier molecular flexibility index (Phi) is 2.59. The second kappa shape index (κ2) is 3.64. The first kappa shape index (κ1) is 10.7. The van der Waals surface area contributed by atoms with Gasteiger partial charge in [0.2, 0.25) is 0 Å². The summed E-state index contributed by atoms with van der Waals surface area (Å²) in [4.78, 5) is 0. The molecule has 0 bridgehead atoms. The van der Waals surface area contributed by atoms with Crippen molar-refractivity contribution in [2.75, 3.05) is 0 Å². The van der Waals surface area contributed by atoms with Crippen LogP contribution in [0.5, 0.6) is 0 Å². The molecule has 80 valence electrons. The molecule has 0 spiro atoms. The maximum atomic E-state index is 2.49. The van der Waals surface area contributed by atoms with E-state index in [1.165, 1.54) is 12.8 Å². The Bertz CT molecular complexity index is 413. The predicted octanol–water partition coefficient (Wildman–Crippen LogP) is 3.73. The molecule has 2 rings (SSSR count). The molecule has 0 unspecified atom stereocenters. The lowest BCUT2D eigenvalue weighted by atomic mass is 10.0. The lowest BCUT2D eigenvalue weighted by molar-refractivity contribution is 1.14. The quantitative estimate of drug-likeness (QED) is 0.661. The van der Waals surface area contributed by atoms with Crippen molar-refractivity contribution in [3.8, 4) is 0 Å². The number of benzene rings is 1. The average molecular weight is 216 g/mol. The Morgan fingerprint density at radius 2 is 1.67 bits per heavy atom. The van der Waals surface area contributed by atoms with E-state index in [-0.39, 0.29) is 0 Å². The topological polar surface area (TPSA) is 0 Å². The Morgan fingerprint density at radius 3 is 2.27 bits per heavy atom. The molecule has 0 nitrogen and oxygen atoms in total. The van der Waals surface area contributed by atoms with Gasteiger partial charge in [-0.1, -0.05) is 56.4 Å². The third-order valence-corrected chi connectivity index (χ3v) is 7.70. The second-order valence-corrected chi connectivity index (χ2v) is 9.23. The molecule has 0 N–H and O–H groups in total. The highest BCUT2D eigenvalue weighted by Crippen LogP contribution is 2.36. The third kappa shape index (κ3) is 1.41. The zero-order valence-corrected chi connectivity index (χ0v) is 11.2. The molecule has 0 radical (unpaired) electrons. The van der Waals surface area contributed by atoms with Crippen LogP contribution >= 0.6 is 0 Å². The molecule has 0 fully saturated rings. The highest BCUT2D eigenvalue weighted by atomic mass is 28.3. The summed E-state index contributed by atoms with van der Waals surface area (Å²) in [5, 5.41) is 3.42. The fourth-order valence-electron chi connectivity index (χ4n) is 3.05. The standard InChI is InChI=1S/C14H20Si/c1-5-11-12-9-7-8-10-14(12)15(3,4)13(11)6-2/h7-10H,5-6H2,1-4H3. The second-order valence-electron chi connectivity index (χ2n) is 4.83. The van der Waals surface area contributed by atoms with Crippen LogP contribution in [0.2, 0.25) is 13.1 Å². The highest BCUT2D eigenvalue weighted by molar-refractivity contribution is 6.98. The molecular weight excluding hydrogens is 196 g/mol. The Morgan fingerprint density at radius 1 is 1.00 bits per heavy atom. The van der Waals surface area contributed by atoms with Crippen molar-refractivity contribution in [1.82, 2.24) is 0 Å². The zero-order chi connectivity index (χ0) is 11.1. The van der Waals surface area contributed by atoms with Crippen LogP contribution in [-0.4, -0.2) is 8.07 Å². The molecule has 0 amide bonds. The van der Waals surface area contributed by atoms with Crippen molar-refractivity contribution in [3.63, 3.8) is 0 Å². The molecule has 0 atom stereocenters. The fraction of sp³-hybridized carbons (Fsp3) is 0.429. The van der Waals surface area contributed by atoms with Gasteiger partial charge in [0.05, 0.1) is 0 Å². The fourth-order valence-corrected chi connectivity index (χ4v) is 6.75. The van der Waals surface area contributed by atoms with E-state index in [1.54, 1.807) is 21.5 Å². The summed E-state index contributed by atoms with van der Waals surface area (Å²) in [7, 11) is -1.29. The van der Waals surface area contributed by atoms with Crippen molar-refractivity contribution in [2.45, 2.75) is 39.8 Å². The Hall–Kier alpha value is -0.823. The van der Waals surface area contributed by atoms with Crippen molar-refractivity contribution in [1.29, 1.82) is 0 Å². The molecular formula is C14H20Si. The van der Waals surface area contributed by atoms with Crippen LogP contribution in [0.4, 0.5) is 0 Å². The van der Waals surface area contributed by atoms with Gasteiger partial charge in [0.1, 0.15) is 8.07 Å². The Labute approximate surface area is 94.0 Å². The van der Waals surface area contributed by atoms with Crippen LogP contribution in [0, 0.1) is 0 Å². The van der Waals surface area contributed by atoms with E-state index in [0.717, 1.165) is 0 Å². The monoisotopic (exact) mass is 216 g/mol. The summed E-state index contributed by atoms with van der Waals surface area (Å²) in [6, 6.07) is 9.03. The normalized spacial score (nSPS) is 18.1. The van der Waals surface area contributed by atoms with Crippen LogP contribution in [0.3, 0.4) is 0 Å². The summed E-state index contributed by atoms with van der Waals surface area (Å²) < 4.78 is 0. The minimum atomic E-state index is -1.29. The van der Waals surface area contributed by atoms with Crippen molar-refractivity contribution in [3.05, 3.63) is 35.0 Å². The van der Waals surface area contributed by atoms with Crippen LogP contribution < -0.4 is 5.19 Å². The summed E-state index contributed by atoms with van der Waals surface area (Å²) in [5.74, 6) is 0. The zero-order valence-electron chi connectivity index (χ0n) is 10.2. The van der Waals surface area contributed by atoms with Gasteiger partial charge in [-0.2, -0.15) is 0 Å². The van der Waals surface area contributed by atoms with Gasteiger partial charge in [-0.3, -0.25) is 0 Å². The van der Waals surface area contributed by atoms with E-state index in [0.29, 0.717) is 0 Å². The first-order valence-corrected chi connectivity index (χ1v) is 8.95. The molecule has 0 aromatic heterocycles. The minimum absolute atomic E-state index is 1.19. The van der Waals surface area contributed by atoms with E-state index in [9.17, 15) is 0 Å². The van der Waals surface area contributed by atoms with Crippen LogP contribution in [0.1, 0.15) is 32.3 Å². The Balaban J connectivity index is 2.68. The first-order chi connectivity index (χ1) is 7.12. The van der Waals surface area contributed by atoms with Gasteiger partial charge in [0.15, 0.2) is 0 Å². The number of hydrogen-bond acceptors (Lipinski definition) is 0. The van der Waals surface area contributed by atoms with Gasteiger partial charge in [-0.15, -0.1) is 0 Å². The molecule has 1 heterocycles. The molecule has 0 aliphatic carbocycles. The molecule has 1 aliphatic rings. The molecule has 1 aliphatic heterocycles. The maximum absolute atomic E-state index is 2.49. The van der Waals surface area contributed by atoms with E-state index < -0.39 is 8.07 Å². The SMILES string of the molecule is CCC1=C(CC)[Si](C)(C)c2ccccc21. The van der Waals surface area contributed by atoms with Crippen molar-refractivity contribution < 1.29 is 0 Å². The predicted molar refractivity (Wildman–Crippen MR) is 71.1 cm³/mol. The molecule has 1 heteroatoms. The van der Waals surface area contributed by atoms with Crippen LogP contribution in [-0.2, 0) is 0 Å². The van der Waals surface area contributed by atoms with E-state index in [4.69, 9.17) is 0 Å². The highest BCUT2D eigenvalue weighted by Gasteiger charge is 2.37. The molecule has 0 saturated heterocycles. The van der Waals surface area contributed by atoms with Crippen molar-refractivity contribution in [2.24, 2.45) is 0 Å². The molecule has 1 aromatic rings. The lowest BCUT2D eigenvalue weighted by Crippen LogP contribution is -2.41. The summed E-state index contributed by atoms with van der Waals surface area (Å²) in [6.07, 6.45) is 2.42. The summed E-state index contributed by atoms with van der Waals surface area (Å²) >= 11 is 0. The van der Waals surface area contributed by atoms with Gasteiger partial charge < -0.3 is 0 Å². The number of fused-ring (bicyclic) bond motifs is 1. The van der Waals surface area contributed by atoms with E-state index in [2.05, 4.69) is 51.2 Å². The maximum Gasteiger partial charge on any atom is 0.108 e. The number of allylic oxidation sites excluding steroid dienone is 2. The van der Waals surface area contributed by atoms with Gasteiger partial charge in [0.25, 0.3) is 0 Å². The summed E-state index contributed by atoms with van der Waals surface area (Å²) in [5.41, 5.74) is 3.19. The number of rotatable bonds is 2. The largest absolute Gasteiger partial charge is 0.108 e. The van der Waals surface area contributed by atoms with Crippen LogP contribution in [0.25, 0.3) is 5.57 Å². The molecule has 1 aromatic carbocycles. The molecule has 15 heavy (non-hydrogen) atoms. The van der Waals surface area contributed by atoms with Gasteiger partial charge >= 0.3 is 0 Å². The lowest BCUT2D eigenvalue weighted by Gasteiger charge is -2.21. The first-order valence-electron chi connectivity index (χ1n) is 5.95. The van der Waals surface area contributed by atoms with Gasteiger partial charge in [0, 0.05) is 0 Å². The van der Waals surface area contributed by atoms with E-state index in [1.807, 2.05) is 0 Å². The van der Waals surface area contributed by atoms with Gasteiger partial charge in [-0.05, 0) is 29.2 Å². The van der Waals surface area contributed by atoms with E-state index >= 15 is 0 Å². The smallest absolute Gasteiger partial charge is 0.0726 e. The van der Waals surface area contributed by atoms with Gasteiger partial charge in [-0.25, -0.2) is 0 Å². The van der Waals surface area contributed by atoms with Crippen molar-refractivity contribution >= 4 is 18.8 Å². The average Bonchev–Trinajstić information content (AvgIpc) is 2.46. The minimum Gasteiger partial charge on any atom is -0.0726 e. The number of hydrogen-bond donors (Lipinski definition) is 0. The molecule has 0 saturated carbocycles. The third-order valence-electron chi connectivity index (χ3n) is 3.75. The van der Waals surface area contributed by atoms with Crippen LogP contribution in [0.15, 0.2) is 29.5 Å².